The maximum Gasteiger partial charge on any atom is 0.231 e. The van der Waals surface area contributed by atoms with Gasteiger partial charge in [-0.1, -0.05) is 6.07 Å². The minimum atomic E-state index is 0.00368. The summed E-state index contributed by atoms with van der Waals surface area (Å²) in [4.78, 5) is 13.7. The van der Waals surface area contributed by atoms with Crippen molar-refractivity contribution in [3.63, 3.8) is 0 Å². The molecule has 6 nitrogen and oxygen atoms in total. The normalized spacial score (nSPS) is 14.2. The van der Waals surface area contributed by atoms with Gasteiger partial charge in [0, 0.05) is 19.6 Å². The first kappa shape index (κ1) is 16.6. The quantitative estimate of drug-likeness (QED) is 0.735. The van der Waals surface area contributed by atoms with Crippen LogP contribution >= 0.6 is 0 Å². The lowest BCUT2D eigenvalue weighted by atomic mass is 10.1. The molecule has 122 valence electrons. The Labute approximate surface area is 131 Å². The van der Waals surface area contributed by atoms with Crippen molar-refractivity contribution in [2.45, 2.75) is 25.8 Å². The maximum atomic E-state index is 11.6. The number of rotatable bonds is 8. The fraction of sp³-hybridized carbons (Fsp3) is 0.562. The Bertz CT molecular complexity index is 507. The Morgan fingerprint density at radius 2 is 2.18 bits per heavy atom. The van der Waals surface area contributed by atoms with Gasteiger partial charge < -0.3 is 19.5 Å². The summed E-state index contributed by atoms with van der Waals surface area (Å²) >= 11 is 0. The number of nitrogens with one attached hydrogen (secondary N) is 1. The second kappa shape index (κ2) is 8.00. The minimum Gasteiger partial charge on any atom is -0.454 e. The van der Waals surface area contributed by atoms with Crippen molar-refractivity contribution in [2.75, 3.05) is 34.2 Å². The topological polar surface area (TPSA) is 60.0 Å². The Balaban J connectivity index is 1.78. The van der Waals surface area contributed by atoms with Crippen LogP contribution in [0.4, 0.5) is 0 Å². The van der Waals surface area contributed by atoms with E-state index in [9.17, 15) is 4.79 Å². The van der Waals surface area contributed by atoms with E-state index in [1.54, 1.807) is 7.11 Å². The number of nitrogens with zero attached hydrogens (tertiary/aromatic N) is 1. The number of fused-ring (bicyclic) bond motifs is 1. The second-order valence-electron chi connectivity index (χ2n) is 5.50. The van der Waals surface area contributed by atoms with Crippen LogP contribution < -0.4 is 14.8 Å². The number of carbonyl (C=O) groups is 1. The molecule has 1 atom stereocenters. The molecule has 6 heteroatoms. The number of hydrogen-bond donors (Lipinski definition) is 1. The largest absolute Gasteiger partial charge is 0.454 e. The summed E-state index contributed by atoms with van der Waals surface area (Å²) in [5.74, 6) is 1.61. The van der Waals surface area contributed by atoms with Gasteiger partial charge in [0.1, 0.15) is 0 Å². The molecule has 1 aromatic carbocycles. The van der Waals surface area contributed by atoms with Crippen LogP contribution in [0.2, 0.25) is 0 Å². The molecule has 1 unspecified atom stereocenters. The summed E-state index contributed by atoms with van der Waals surface area (Å²) in [5, 5.41) is 2.89. The number of likely N-dealkylation sites (N-methyl/N-ethyl adjacent to an activating group) is 1. The standard InChI is InChI=1S/C16H24N2O4/c1-12(18(2)10-17-16(19)6-7-20-3)8-13-4-5-14-15(9-13)22-11-21-14/h4-5,9,12H,6-8,10-11H2,1-3H3,(H,17,19). The molecule has 0 aromatic heterocycles. The molecule has 0 bridgehead atoms. The van der Waals surface area contributed by atoms with Crippen molar-refractivity contribution >= 4 is 5.91 Å². The second-order valence-corrected chi connectivity index (χ2v) is 5.50. The molecule has 0 fully saturated rings. The van der Waals surface area contributed by atoms with E-state index in [1.807, 2.05) is 19.2 Å². The van der Waals surface area contributed by atoms with Crippen LogP contribution in [0.15, 0.2) is 18.2 Å². The van der Waals surface area contributed by atoms with Crippen molar-refractivity contribution in [3.05, 3.63) is 23.8 Å². The number of methoxy groups -OCH3 is 1. The Morgan fingerprint density at radius 3 is 2.95 bits per heavy atom. The van der Waals surface area contributed by atoms with Gasteiger partial charge >= 0.3 is 0 Å². The average Bonchev–Trinajstić information content (AvgIpc) is 2.98. The zero-order valence-corrected chi connectivity index (χ0v) is 13.4. The van der Waals surface area contributed by atoms with E-state index in [2.05, 4.69) is 23.2 Å². The van der Waals surface area contributed by atoms with Gasteiger partial charge in [0.2, 0.25) is 12.7 Å². The molecule has 1 aliphatic heterocycles. The minimum absolute atomic E-state index is 0.00368. The molecule has 1 aromatic rings. The molecule has 0 saturated heterocycles. The van der Waals surface area contributed by atoms with E-state index < -0.39 is 0 Å². The van der Waals surface area contributed by atoms with Gasteiger partial charge in [-0.2, -0.15) is 0 Å². The summed E-state index contributed by atoms with van der Waals surface area (Å²) in [6.07, 6.45) is 1.27. The third-order valence-electron chi connectivity index (χ3n) is 3.78. The van der Waals surface area contributed by atoms with Crippen molar-refractivity contribution in [3.8, 4) is 11.5 Å². The lowest BCUT2D eigenvalue weighted by Gasteiger charge is -2.25. The van der Waals surface area contributed by atoms with Crippen molar-refractivity contribution in [1.82, 2.24) is 10.2 Å². The zero-order chi connectivity index (χ0) is 15.9. The molecule has 0 aliphatic carbocycles. The highest BCUT2D eigenvalue weighted by Gasteiger charge is 2.16. The molecule has 2 rings (SSSR count). The van der Waals surface area contributed by atoms with Crippen LogP contribution in [-0.4, -0.2) is 51.1 Å². The van der Waals surface area contributed by atoms with Crippen molar-refractivity contribution < 1.29 is 19.0 Å². The lowest BCUT2D eigenvalue weighted by molar-refractivity contribution is -0.122. The Hall–Kier alpha value is -1.79. The molecule has 0 radical (unpaired) electrons. The van der Waals surface area contributed by atoms with Gasteiger partial charge in [0.25, 0.3) is 0 Å². The SMILES string of the molecule is COCCC(=O)NCN(C)C(C)Cc1ccc2c(c1)OCO2. The number of hydrogen-bond acceptors (Lipinski definition) is 5. The van der Waals surface area contributed by atoms with Crippen LogP contribution in [0, 0.1) is 0 Å². The van der Waals surface area contributed by atoms with E-state index in [1.165, 1.54) is 5.56 Å². The van der Waals surface area contributed by atoms with E-state index in [0.29, 0.717) is 32.5 Å². The Kier molecular flexibility index (Phi) is 6.03. The number of carbonyl (C=O) groups excluding carboxylic acids is 1. The molecule has 1 N–H and O–H groups in total. The van der Waals surface area contributed by atoms with Crippen molar-refractivity contribution in [1.29, 1.82) is 0 Å². The van der Waals surface area contributed by atoms with Crippen molar-refractivity contribution in [2.24, 2.45) is 0 Å². The van der Waals surface area contributed by atoms with Gasteiger partial charge in [0.05, 0.1) is 13.3 Å². The highest BCUT2D eigenvalue weighted by Crippen LogP contribution is 2.32. The highest BCUT2D eigenvalue weighted by molar-refractivity contribution is 5.75. The third-order valence-corrected chi connectivity index (χ3v) is 3.78. The van der Waals surface area contributed by atoms with Crippen LogP contribution in [-0.2, 0) is 16.0 Å². The van der Waals surface area contributed by atoms with Gasteiger partial charge in [0.15, 0.2) is 11.5 Å². The average molecular weight is 308 g/mol. The molecular formula is C16H24N2O4. The fourth-order valence-corrected chi connectivity index (χ4v) is 2.22. The van der Waals surface area contributed by atoms with E-state index >= 15 is 0 Å². The van der Waals surface area contributed by atoms with E-state index in [-0.39, 0.29) is 5.91 Å². The first-order valence-corrected chi connectivity index (χ1v) is 7.44. The van der Waals surface area contributed by atoms with Crippen LogP contribution in [0.5, 0.6) is 11.5 Å². The summed E-state index contributed by atoms with van der Waals surface area (Å²) in [6, 6.07) is 6.30. The van der Waals surface area contributed by atoms with Crippen LogP contribution in [0.1, 0.15) is 18.9 Å². The first-order chi connectivity index (χ1) is 10.6. The predicted molar refractivity (Wildman–Crippen MR) is 83.0 cm³/mol. The maximum absolute atomic E-state index is 11.6. The summed E-state index contributed by atoms with van der Waals surface area (Å²) in [5.41, 5.74) is 1.19. The predicted octanol–water partition coefficient (Wildman–Crippen LogP) is 1.39. The van der Waals surface area contributed by atoms with Gasteiger partial charge in [-0.15, -0.1) is 0 Å². The summed E-state index contributed by atoms with van der Waals surface area (Å²) in [6.45, 7) is 3.39. The first-order valence-electron chi connectivity index (χ1n) is 7.44. The van der Waals surface area contributed by atoms with Gasteiger partial charge in [-0.25, -0.2) is 0 Å². The molecule has 22 heavy (non-hydrogen) atoms. The molecule has 0 spiro atoms. The fourth-order valence-electron chi connectivity index (χ4n) is 2.22. The summed E-state index contributed by atoms with van der Waals surface area (Å²) < 4.78 is 15.6. The van der Waals surface area contributed by atoms with E-state index in [4.69, 9.17) is 14.2 Å². The third kappa shape index (κ3) is 4.61. The monoisotopic (exact) mass is 308 g/mol. The van der Waals surface area contributed by atoms with Crippen LogP contribution in [0.3, 0.4) is 0 Å². The van der Waals surface area contributed by atoms with Gasteiger partial charge in [-0.3, -0.25) is 9.69 Å². The molecular weight excluding hydrogens is 284 g/mol. The van der Waals surface area contributed by atoms with Crippen LogP contribution in [0.25, 0.3) is 0 Å². The number of benzene rings is 1. The highest BCUT2D eigenvalue weighted by atomic mass is 16.7. The number of ether oxygens (including phenoxy) is 3. The molecule has 1 heterocycles. The molecule has 1 aliphatic rings. The lowest BCUT2D eigenvalue weighted by Crippen LogP contribution is -2.41. The molecule has 0 saturated carbocycles. The zero-order valence-electron chi connectivity index (χ0n) is 13.4. The van der Waals surface area contributed by atoms with E-state index in [0.717, 1.165) is 17.9 Å². The van der Waals surface area contributed by atoms with Gasteiger partial charge in [-0.05, 0) is 38.1 Å². The molecule has 1 amide bonds. The smallest absolute Gasteiger partial charge is 0.231 e. The summed E-state index contributed by atoms with van der Waals surface area (Å²) in [7, 11) is 3.58. The number of amides is 1. The Morgan fingerprint density at radius 1 is 1.41 bits per heavy atom.